The second-order valence-corrected chi connectivity index (χ2v) is 5.75. The van der Waals surface area contributed by atoms with Crippen LogP contribution in [0, 0.1) is 5.92 Å². The summed E-state index contributed by atoms with van der Waals surface area (Å²) >= 11 is 1.53. The van der Waals surface area contributed by atoms with Crippen molar-refractivity contribution in [2.24, 2.45) is 5.92 Å². The van der Waals surface area contributed by atoms with Crippen molar-refractivity contribution >= 4 is 16.7 Å². The van der Waals surface area contributed by atoms with E-state index in [0.717, 1.165) is 48.6 Å². The molecule has 0 bridgehead atoms. The van der Waals surface area contributed by atoms with Crippen molar-refractivity contribution in [2.45, 2.75) is 32.6 Å². The van der Waals surface area contributed by atoms with Crippen LogP contribution < -0.4 is 4.90 Å². The van der Waals surface area contributed by atoms with E-state index in [4.69, 9.17) is 0 Å². The average molecular weight is 277 g/mol. The molecule has 3 heterocycles. The van der Waals surface area contributed by atoms with E-state index in [1.54, 1.807) is 0 Å². The lowest BCUT2D eigenvalue weighted by Crippen LogP contribution is -2.34. The summed E-state index contributed by atoms with van der Waals surface area (Å²) in [6.45, 7) is 4.27. The predicted molar refractivity (Wildman–Crippen MR) is 76.5 cm³/mol. The largest absolute Gasteiger partial charge is 0.349 e. The highest BCUT2D eigenvalue weighted by atomic mass is 32.1. The molecule has 0 atom stereocenters. The van der Waals surface area contributed by atoms with E-state index in [-0.39, 0.29) is 0 Å². The molecule has 1 aliphatic rings. The number of imidazole rings is 1. The van der Waals surface area contributed by atoms with Crippen molar-refractivity contribution < 1.29 is 0 Å². The topological polar surface area (TPSA) is 57.7 Å². The molecule has 0 radical (unpaired) electrons. The van der Waals surface area contributed by atoms with Crippen LogP contribution in [0.1, 0.15) is 31.4 Å². The van der Waals surface area contributed by atoms with Gasteiger partial charge in [-0.1, -0.05) is 6.92 Å². The van der Waals surface area contributed by atoms with Crippen LogP contribution in [0.2, 0.25) is 0 Å². The number of rotatable bonds is 4. The Bertz CT molecular complexity index is 499. The maximum atomic E-state index is 4.57. The van der Waals surface area contributed by atoms with Gasteiger partial charge in [-0.15, -0.1) is 0 Å². The van der Waals surface area contributed by atoms with E-state index in [2.05, 4.69) is 31.1 Å². The zero-order chi connectivity index (χ0) is 13.1. The van der Waals surface area contributed by atoms with Crippen molar-refractivity contribution in [1.29, 1.82) is 0 Å². The average Bonchev–Trinajstić information content (AvgIpc) is 3.10. The quantitative estimate of drug-likeness (QED) is 0.931. The van der Waals surface area contributed by atoms with Gasteiger partial charge in [0.15, 0.2) is 0 Å². The van der Waals surface area contributed by atoms with Crippen LogP contribution in [0.4, 0.5) is 5.13 Å². The Hall–Kier alpha value is -1.43. The van der Waals surface area contributed by atoms with Crippen molar-refractivity contribution in [3.63, 3.8) is 0 Å². The summed E-state index contributed by atoms with van der Waals surface area (Å²) in [5.74, 6) is 2.82. The van der Waals surface area contributed by atoms with Gasteiger partial charge in [-0.3, -0.25) is 0 Å². The fourth-order valence-corrected chi connectivity index (χ4v) is 3.33. The Labute approximate surface area is 117 Å². The smallest absolute Gasteiger partial charge is 0.205 e. The molecular weight excluding hydrogens is 258 g/mol. The van der Waals surface area contributed by atoms with E-state index < -0.39 is 0 Å². The molecule has 102 valence electrons. The van der Waals surface area contributed by atoms with Gasteiger partial charge >= 0.3 is 0 Å². The van der Waals surface area contributed by atoms with Crippen LogP contribution in [0.5, 0.6) is 0 Å². The first kappa shape index (κ1) is 12.6. The van der Waals surface area contributed by atoms with Gasteiger partial charge in [0.1, 0.15) is 11.6 Å². The summed E-state index contributed by atoms with van der Waals surface area (Å²) in [4.78, 5) is 14.4. The Balaban J connectivity index is 1.54. The summed E-state index contributed by atoms with van der Waals surface area (Å²) in [5, 5.41) is 1.09. The molecule has 0 saturated carbocycles. The molecule has 0 unspecified atom stereocenters. The second kappa shape index (κ2) is 5.69. The normalized spacial score (nSPS) is 17.0. The molecule has 2 aromatic heterocycles. The highest BCUT2D eigenvalue weighted by Crippen LogP contribution is 2.26. The Morgan fingerprint density at radius 2 is 2.26 bits per heavy atom. The zero-order valence-electron chi connectivity index (χ0n) is 11.2. The summed E-state index contributed by atoms with van der Waals surface area (Å²) in [6.07, 6.45) is 8.14. The van der Waals surface area contributed by atoms with Crippen molar-refractivity contribution in [3.8, 4) is 0 Å². The maximum absolute atomic E-state index is 4.57. The predicted octanol–water partition coefficient (Wildman–Crippen LogP) is 2.28. The molecule has 1 fully saturated rings. The van der Waals surface area contributed by atoms with Gasteiger partial charge in [-0.25, -0.2) is 9.97 Å². The van der Waals surface area contributed by atoms with E-state index in [9.17, 15) is 0 Å². The number of aromatic nitrogens is 4. The highest BCUT2D eigenvalue weighted by Gasteiger charge is 2.22. The summed E-state index contributed by atoms with van der Waals surface area (Å²) in [6, 6.07) is 0. The third kappa shape index (κ3) is 2.94. The third-order valence-electron chi connectivity index (χ3n) is 3.70. The third-order valence-corrected chi connectivity index (χ3v) is 4.51. The van der Waals surface area contributed by atoms with Crippen molar-refractivity contribution in [3.05, 3.63) is 24.0 Å². The molecule has 0 aliphatic carbocycles. The number of anilines is 1. The monoisotopic (exact) mass is 277 g/mol. The van der Waals surface area contributed by atoms with Gasteiger partial charge < -0.3 is 9.88 Å². The number of nitrogens with zero attached hydrogens (tertiary/aromatic N) is 4. The van der Waals surface area contributed by atoms with Crippen LogP contribution in [0.3, 0.4) is 0 Å². The minimum atomic E-state index is 0.737. The van der Waals surface area contributed by atoms with E-state index in [1.807, 2.05) is 12.4 Å². The first-order valence-electron chi connectivity index (χ1n) is 6.91. The standard InChI is InChI=1S/C13H19N5S/c1-2-11-16-13(19-17-11)18-7-3-10(4-8-18)9-12-14-5-6-15-12/h5-6,10H,2-4,7-9H2,1H3,(H,14,15). The first-order chi connectivity index (χ1) is 9.35. The van der Waals surface area contributed by atoms with Crippen LogP contribution >= 0.6 is 11.5 Å². The molecule has 0 aromatic carbocycles. The summed E-state index contributed by atoms with van der Waals surface area (Å²) in [5.41, 5.74) is 0. The van der Waals surface area contributed by atoms with Crippen molar-refractivity contribution in [1.82, 2.24) is 19.3 Å². The molecule has 2 aromatic rings. The minimum Gasteiger partial charge on any atom is -0.349 e. The van der Waals surface area contributed by atoms with Gasteiger partial charge in [0, 0.05) is 49.9 Å². The molecule has 3 rings (SSSR count). The zero-order valence-corrected chi connectivity index (χ0v) is 12.0. The summed E-state index contributed by atoms with van der Waals surface area (Å²) in [7, 11) is 0. The second-order valence-electron chi connectivity index (χ2n) is 5.02. The highest BCUT2D eigenvalue weighted by molar-refractivity contribution is 7.09. The molecule has 5 nitrogen and oxygen atoms in total. The Kier molecular flexibility index (Phi) is 3.77. The summed E-state index contributed by atoms with van der Waals surface area (Å²) < 4.78 is 4.36. The van der Waals surface area contributed by atoms with Gasteiger partial charge in [-0.05, 0) is 18.8 Å². The van der Waals surface area contributed by atoms with Crippen LogP contribution in [0.15, 0.2) is 12.4 Å². The lowest BCUT2D eigenvalue weighted by atomic mass is 9.93. The fourth-order valence-electron chi connectivity index (χ4n) is 2.53. The van der Waals surface area contributed by atoms with Gasteiger partial charge in [-0.2, -0.15) is 4.37 Å². The number of hydrogen-bond acceptors (Lipinski definition) is 5. The molecule has 0 amide bonds. The number of aromatic amines is 1. The molecule has 6 heteroatoms. The molecule has 1 aliphatic heterocycles. The van der Waals surface area contributed by atoms with E-state index >= 15 is 0 Å². The molecule has 1 N–H and O–H groups in total. The Morgan fingerprint density at radius 3 is 2.89 bits per heavy atom. The Morgan fingerprint density at radius 1 is 1.42 bits per heavy atom. The number of aryl methyl sites for hydroxylation is 1. The van der Waals surface area contributed by atoms with Crippen LogP contribution in [-0.2, 0) is 12.8 Å². The number of nitrogens with one attached hydrogen (secondary N) is 1. The molecule has 1 saturated heterocycles. The van der Waals surface area contributed by atoms with Gasteiger partial charge in [0.2, 0.25) is 5.13 Å². The number of piperidine rings is 1. The van der Waals surface area contributed by atoms with Gasteiger partial charge in [0.05, 0.1) is 0 Å². The van der Waals surface area contributed by atoms with Crippen LogP contribution in [-0.4, -0.2) is 32.4 Å². The SMILES string of the molecule is CCc1nsc(N2CCC(Cc3ncc[nH]3)CC2)n1. The van der Waals surface area contributed by atoms with Gasteiger partial charge in [0.25, 0.3) is 0 Å². The molecule has 0 spiro atoms. The maximum Gasteiger partial charge on any atom is 0.205 e. The lowest BCUT2D eigenvalue weighted by molar-refractivity contribution is 0.397. The fraction of sp³-hybridized carbons (Fsp3) is 0.615. The lowest BCUT2D eigenvalue weighted by Gasteiger charge is -2.31. The molecular formula is C13H19N5S. The van der Waals surface area contributed by atoms with E-state index in [1.165, 1.54) is 24.4 Å². The first-order valence-corrected chi connectivity index (χ1v) is 7.68. The van der Waals surface area contributed by atoms with Crippen molar-refractivity contribution in [2.75, 3.05) is 18.0 Å². The number of H-pyrrole nitrogens is 1. The minimum absolute atomic E-state index is 0.737. The van der Waals surface area contributed by atoms with E-state index in [0.29, 0.717) is 0 Å². The van der Waals surface area contributed by atoms with Crippen LogP contribution in [0.25, 0.3) is 0 Å². The number of hydrogen-bond donors (Lipinski definition) is 1. The molecule has 19 heavy (non-hydrogen) atoms.